The summed E-state index contributed by atoms with van der Waals surface area (Å²) in [5.74, 6) is 0.821. The van der Waals surface area contributed by atoms with E-state index in [0.717, 1.165) is 69.0 Å². The van der Waals surface area contributed by atoms with Gasteiger partial charge in [0.2, 0.25) is 5.91 Å². The second-order valence-electron chi connectivity index (χ2n) is 6.77. The van der Waals surface area contributed by atoms with E-state index < -0.39 is 0 Å². The molecule has 1 aromatic carbocycles. The maximum atomic E-state index is 11.8. The summed E-state index contributed by atoms with van der Waals surface area (Å²) < 4.78 is 0. The highest BCUT2D eigenvalue weighted by Gasteiger charge is 2.22. The number of carbonyl (C=O) groups excluding carboxylic acids is 1. The first-order chi connectivity index (χ1) is 11.5. The average Bonchev–Trinajstić information content (AvgIpc) is 2.55. The number of likely N-dealkylation sites (tertiary alicyclic amines) is 1. The number of rotatable bonds is 7. The quantitative estimate of drug-likeness (QED) is 0.684. The third kappa shape index (κ3) is 5.94. The fraction of sp³-hybridized carbons (Fsp3) is 0.632. The fourth-order valence-electron chi connectivity index (χ4n) is 3.26. The van der Waals surface area contributed by atoms with E-state index in [4.69, 9.17) is 23.2 Å². The summed E-state index contributed by atoms with van der Waals surface area (Å²) in [6.45, 7) is 8.64. The minimum atomic E-state index is 0.207. The number of hydrogen-bond donors (Lipinski definition) is 0. The number of piperidine rings is 1. The molecule has 1 aliphatic heterocycles. The molecule has 0 spiro atoms. The van der Waals surface area contributed by atoms with Gasteiger partial charge in [0.15, 0.2) is 0 Å². The average molecular weight is 371 g/mol. The number of benzene rings is 1. The molecule has 1 aliphatic rings. The van der Waals surface area contributed by atoms with Gasteiger partial charge in [-0.25, -0.2) is 0 Å². The number of amides is 1. The van der Waals surface area contributed by atoms with Crippen LogP contribution in [0.4, 0.5) is 0 Å². The van der Waals surface area contributed by atoms with Crippen LogP contribution in [0.15, 0.2) is 18.2 Å². The molecule has 0 aliphatic carbocycles. The van der Waals surface area contributed by atoms with Crippen LogP contribution in [0.5, 0.6) is 0 Å². The van der Waals surface area contributed by atoms with E-state index in [0.29, 0.717) is 10.9 Å². The summed E-state index contributed by atoms with van der Waals surface area (Å²) in [4.78, 5) is 16.3. The predicted molar refractivity (Wildman–Crippen MR) is 102 cm³/mol. The van der Waals surface area contributed by atoms with Gasteiger partial charge in [0.1, 0.15) is 0 Å². The van der Waals surface area contributed by atoms with Gasteiger partial charge >= 0.3 is 0 Å². The Hall–Kier alpha value is -0.770. The van der Waals surface area contributed by atoms with Gasteiger partial charge in [0.05, 0.1) is 0 Å². The molecule has 3 nitrogen and oxygen atoms in total. The van der Waals surface area contributed by atoms with Gasteiger partial charge in [-0.1, -0.05) is 42.6 Å². The van der Waals surface area contributed by atoms with Crippen molar-refractivity contribution >= 4 is 29.1 Å². The molecule has 1 amide bonds. The molecule has 134 valence electrons. The van der Waals surface area contributed by atoms with E-state index >= 15 is 0 Å². The monoisotopic (exact) mass is 370 g/mol. The van der Waals surface area contributed by atoms with Gasteiger partial charge in [0.25, 0.3) is 0 Å². The maximum Gasteiger partial charge on any atom is 0.219 e. The molecule has 1 saturated heterocycles. The van der Waals surface area contributed by atoms with Crippen LogP contribution in [0.25, 0.3) is 0 Å². The van der Waals surface area contributed by atoms with Crippen LogP contribution in [0, 0.1) is 5.92 Å². The SMILES string of the molecule is CCCCN(CC1CCN(Cc2ccc(Cl)cc2Cl)CC1)C(C)=O. The number of hydrogen-bond acceptors (Lipinski definition) is 2. The Morgan fingerprint density at radius 1 is 1.29 bits per heavy atom. The van der Waals surface area contributed by atoms with Gasteiger partial charge in [-0.05, 0) is 56.0 Å². The van der Waals surface area contributed by atoms with Crippen molar-refractivity contribution in [3.8, 4) is 0 Å². The van der Waals surface area contributed by atoms with Crippen molar-refractivity contribution in [2.75, 3.05) is 26.2 Å². The highest BCUT2D eigenvalue weighted by molar-refractivity contribution is 6.35. The van der Waals surface area contributed by atoms with Crippen LogP contribution in [-0.4, -0.2) is 41.9 Å². The lowest BCUT2D eigenvalue weighted by atomic mass is 9.95. The Morgan fingerprint density at radius 3 is 2.58 bits per heavy atom. The smallest absolute Gasteiger partial charge is 0.219 e. The fourth-order valence-corrected chi connectivity index (χ4v) is 3.72. The Morgan fingerprint density at radius 2 is 2.00 bits per heavy atom. The summed E-state index contributed by atoms with van der Waals surface area (Å²) in [6.07, 6.45) is 4.50. The van der Waals surface area contributed by atoms with Crippen molar-refractivity contribution < 1.29 is 4.79 Å². The van der Waals surface area contributed by atoms with Gasteiger partial charge in [-0.2, -0.15) is 0 Å². The van der Waals surface area contributed by atoms with Crippen molar-refractivity contribution in [2.45, 2.75) is 46.1 Å². The van der Waals surface area contributed by atoms with Crippen LogP contribution < -0.4 is 0 Å². The third-order valence-corrected chi connectivity index (χ3v) is 5.41. The number of nitrogens with zero attached hydrogens (tertiary/aromatic N) is 2. The molecular formula is C19H28Cl2N2O. The standard InChI is InChI=1S/C19H28Cl2N2O/c1-3-4-9-23(15(2)24)13-16-7-10-22(11-8-16)14-17-5-6-18(20)12-19(17)21/h5-6,12,16H,3-4,7-11,13-14H2,1-2H3. The molecule has 0 saturated carbocycles. The zero-order chi connectivity index (χ0) is 17.5. The molecule has 0 radical (unpaired) electrons. The molecule has 1 fully saturated rings. The van der Waals surface area contributed by atoms with E-state index in [9.17, 15) is 4.79 Å². The zero-order valence-electron chi connectivity index (χ0n) is 14.7. The first-order valence-corrected chi connectivity index (χ1v) is 9.67. The van der Waals surface area contributed by atoms with E-state index in [-0.39, 0.29) is 5.91 Å². The zero-order valence-corrected chi connectivity index (χ0v) is 16.2. The van der Waals surface area contributed by atoms with Crippen LogP contribution >= 0.6 is 23.2 Å². The third-order valence-electron chi connectivity index (χ3n) is 4.82. The Balaban J connectivity index is 1.81. The van der Waals surface area contributed by atoms with E-state index in [1.54, 1.807) is 6.92 Å². The summed E-state index contributed by atoms with van der Waals surface area (Å²) in [5, 5.41) is 1.42. The Kier molecular flexibility index (Phi) is 7.86. The highest BCUT2D eigenvalue weighted by atomic mass is 35.5. The molecule has 1 aromatic rings. The summed E-state index contributed by atoms with van der Waals surface area (Å²) in [5.41, 5.74) is 1.13. The largest absolute Gasteiger partial charge is 0.343 e. The number of halogens is 2. The minimum Gasteiger partial charge on any atom is -0.343 e. The topological polar surface area (TPSA) is 23.6 Å². The van der Waals surface area contributed by atoms with Gasteiger partial charge < -0.3 is 4.90 Å². The first kappa shape index (κ1) is 19.6. The normalized spacial score (nSPS) is 16.3. The lowest BCUT2D eigenvalue weighted by Gasteiger charge is -2.35. The van der Waals surface area contributed by atoms with Gasteiger partial charge in [0, 0.05) is 36.6 Å². The second kappa shape index (κ2) is 9.65. The first-order valence-electron chi connectivity index (χ1n) is 8.91. The molecule has 5 heteroatoms. The maximum absolute atomic E-state index is 11.8. The minimum absolute atomic E-state index is 0.207. The Bertz CT molecular complexity index is 542. The van der Waals surface area contributed by atoms with Gasteiger partial charge in [-0.3, -0.25) is 9.69 Å². The van der Waals surface area contributed by atoms with Gasteiger partial charge in [-0.15, -0.1) is 0 Å². The molecule has 0 N–H and O–H groups in total. The molecular weight excluding hydrogens is 343 g/mol. The van der Waals surface area contributed by atoms with Crippen LogP contribution in [0.3, 0.4) is 0 Å². The summed E-state index contributed by atoms with van der Waals surface area (Å²) in [6, 6.07) is 5.72. The molecule has 2 rings (SSSR count). The van der Waals surface area contributed by atoms with Crippen LogP contribution in [-0.2, 0) is 11.3 Å². The lowest BCUT2D eigenvalue weighted by Crippen LogP contribution is -2.40. The molecule has 1 heterocycles. The van der Waals surface area contributed by atoms with Crippen LogP contribution in [0.2, 0.25) is 10.0 Å². The lowest BCUT2D eigenvalue weighted by molar-refractivity contribution is -0.129. The molecule has 24 heavy (non-hydrogen) atoms. The van der Waals surface area contributed by atoms with Crippen molar-refractivity contribution in [3.63, 3.8) is 0 Å². The second-order valence-corrected chi connectivity index (χ2v) is 7.62. The van der Waals surface area contributed by atoms with Crippen molar-refractivity contribution in [1.82, 2.24) is 9.80 Å². The molecule has 0 bridgehead atoms. The van der Waals surface area contributed by atoms with E-state index in [1.165, 1.54) is 0 Å². The predicted octanol–water partition coefficient (Wildman–Crippen LogP) is 4.85. The van der Waals surface area contributed by atoms with Crippen molar-refractivity contribution in [3.05, 3.63) is 33.8 Å². The van der Waals surface area contributed by atoms with Crippen LogP contribution in [0.1, 0.15) is 45.1 Å². The molecule has 0 atom stereocenters. The number of unbranched alkanes of at least 4 members (excludes halogenated alkanes) is 1. The summed E-state index contributed by atoms with van der Waals surface area (Å²) >= 11 is 12.2. The molecule has 0 unspecified atom stereocenters. The van der Waals surface area contributed by atoms with Crippen molar-refractivity contribution in [1.29, 1.82) is 0 Å². The Labute approximate surface area is 155 Å². The van der Waals surface area contributed by atoms with E-state index in [2.05, 4.69) is 11.8 Å². The van der Waals surface area contributed by atoms with Crippen molar-refractivity contribution in [2.24, 2.45) is 5.92 Å². The molecule has 0 aromatic heterocycles. The van der Waals surface area contributed by atoms with E-state index in [1.807, 2.05) is 23.1 Å². The number of carbonyl (C=O) groups is 1. The summed E-state index contributed by atoms with van der Waals surface area (Å²) in [7, 11) is 0. The highest BCUT2D eigenvalue weighted by Crippen LogP contribution is 2.25.